The van der Waals surface area contributed by atoms with Crippen molar-refractivity contribution in [1.82, 2.24) is 9.21 Å². The number of imide groups is 1. The summed E-state index contributed by atoms with van der Waals surface area (Å²) < 4.78 is 26.3. The molecule has 0 N–H and O–H groups in total. The highest BCUT2D eigenvalue weighted by atomic mass is 32.2. The van der Waals surface area contributed by atoms with Crippen molar-refractivity contribution >= 4 is 27.6 Å². The molecular weight excluding hydrogens is 320 g/mol. The maximum atomic E-state index is 12.5. The van der Waals surface area contributed by atoms with Crippen molar-refractivity contribution in [3.05, 3.63) is 29.8 Å². The fraction of sp³-hybridized carbons (Fsp3) is 0.400. The average Bonchev–Trinajstić information content (AvgIpc) is 2.78. The van der Waals surface area contributed by atoms with Crippen LogP contribution in [0.3, 0.4) is 0 Å². The molecule has 7 nitrogen and oxygen atoms in total. The number of amides is 2. The van der Waals surface area contributed by atoms with Gasteiger partial charge in [0.1, 0.15) is 0 Å². The van der Waals surface area contributed by atoms with E-state index in [1.807, 2.05) is 0 Å². The van der Waals surface area contributed by atoms with Crippen LogP contribution in [0.15, 0.2) is 29.2 Å². The molecular formula is C15H16N2O5S. The maximum absolute atomic E-state index is 12.5. The van der Waals surface area contributed by atoms with E-state index in [1.54, 1.807) is 6.07 Å². The number of rotatable bonds is 4. The second-order valence-corrected chi connectivity index (χ2v) is 7.66. The van der Waals surface area contributed by atoms with Gasteiger partial charge in [-0.05, 0) is 19.1 Å². The number of likely N-dealkylation sites (tertiary alicyclic amines) is 1. The Labute approximate surface area is 133 Å². The van der Waals surface area contributed by atoms with E-state index in [4.69, 9.17) is 0 Å². The summed E-state index contributed by atoms with van der Waals surface area (Å²) in [5, 5.41) is 0. The minimum atomic E-state index is -3.72. The first-order valence-electron chi connectivity index (χ1n) is 7.27. The highest BCUT2D eigenvalue weighted by Crippen LogP contribution is 2.27. The van der Waals surface area contributed by atoms with Crippen molar-refractivity contribution < 1.29 is 22.8 Å². The third kappa shape index (κ3) is 2.68. The molecule has 0 atom stereocenters. The summed E-state index contributed by atoms with van der Waals surface area (Å²) in [6.07, 6.45) is 0.394. The number of Topliss-reactive ketones (excluding diaryl/α,β-unsaturated/α-hetero) is 1. The van der Waals surface area contributed by atoms with E-state index < -0.39 is 10.0 Å². The molecule has 8 heteroatoms. The van der Waals surface area contributed by atoms with E-state index in [1.165, 1.54) is 34.3 Å². The van der Waals surface area contributed by atoms with Crippen LogP contribution in [0.1, 0.15) is 30.1 Å². The van der Waals surface area contributed by atoms with Crippen molar-refractivity contribution in [3.63, 3.8) is 0 Å². The molecule has 0 bridgehead atoms. The number of hydrogen-bond acceptors (Lipinski definition) is 5. The molecule has 2 aliphatic heterocycles. The van der Waals surface area contributed by atoms with Crippen LogP contribution in [-0.4, -0.2) is 54.4 Å². The Balaban J connectivity index is 1.76. The number of carbonyl (C=O) groups is 3. The lowest BCUT2D eigenvalue weighted by Crippen LogP contribution is -2.62. The zero-order valence-corrected chi connectivity index (χ0v) is 13.4. The normalized spacial score (nSPS) is 20.0. The van der Waals surface area contributed by atoms with Gasteiger partial charge in [0.2, 0.25) is 21.8 Å². The molecule has 0 aliphatic carbocycles. The van der Waals surface area contributed by atoms with Gasteiger partial charge in [-0.25, -0.2) is 8.42 Å². The van der Waals surface area contributed by atoms with Gasteiger partial charge < -0.3 is 0 Å². The van der Waals surface area contributed by atoms with E-state index in [9.17, 15) is 22.8 Å². The lowest BCUT2D eigenvalue weighted by molar-refractivity contribution is -0.143. The molecule has 3 rings (SSSR count). The third-order valence-corrected chi connectivity index (χ3v) is 5.99. The van der Waals surface area contributed by atoms with Crippen molar-refractivity contribution in [1.29, 1.82) is 0 Å². The van der Waals surface area contributed by atoms with Crippen molar-refractivity contribution in [2.24, 2.45) is 0 Å². The highest BCUT2D eigenvalue weighted by molar-refractivity contribution is 7.89. The minimum absolute atomic E-state index is 0.0442. The molecule has 23 heavy (non-hydrogen) atoms. The SMILES string of the molecule is CC(=O)c1cccc(S(=O)(=O)N2CC(N3C(=O)CCC3=O)C2)c1. The van der Waals surface area contributed by atoms with Crippen LogP contribution in [0.5, 0.6) is 0 Å². The van der Waals surface area contributed by atoms with Crippen LogP contribution < -0.4 is 0 Å². The number of nitrogens with zero attached hydrogens (tertiary/aromatic N) is 2. The molecule has 2 aliphatic rings. The minimum Gasteiger partial charge on any atom is -0.295 e. The van der Waals surface area contributed by atoms with E-state index in [-0.39, 0.29) is 54.5 Å². The van der Waals surface area contributed by atoms with Crippen LogP contribution in [0, 0.1) is 0 Å². The monoisotopic (exact) mass is 336 g/mol. The van der Waals surface area contributed by atoms with Crippen LogP contribution in [0.4, 0.5) is 0 Å². The summed E-state index contributed by atoms with van der Waals surface area (Å²) in [5.41, 5.74) is 0.327. The quantitative estimate of drug-likeness (QED) is 0.587. The van der Waals surface area contributed by atoms with Gasteiger partial charge in [-0.2, -0.15) is 4.31 Å². The van der Waals surface area contributed by atoms with Crippen molar-refractivity contribution in [3.8, 4) is 0 Å². The first-order chi connectivity index (χ1) is 10.8. The number of sulfonamides is 1. The first-order valence-corrected chi connectivity index (χ1v) is 8.71. The molecule has 1 aromatic carbocycles. The third-order valence-electron chi connectivity index (χ3n) is 4.16. The molecule has 0 spiro atoms. The molecule has 1 aromatic rings. The predicted octanol–water partition coefficient (Wildman–Crippen LogP) is 0.411. The second-order valence-electron chi connectivity index (χ2n) is 5.72. The van der Waals surface area contributed by atoms with Gasteiger partial charge in [-0.3, -0.25) is 19.3 Å². The molecule has 2 fully saturated rings. The van der Waals surface area contributed by atoms with Gasteiger partial charge >= 0.3 is 0 Å². The molecule has 2 amide bonds. The Morgan fingerprint density at radius 1 is 1.13 bits per heavy atom. The Bertz CT molecular complexity index is 780. The van der Waals surface area contributed by atoms with Crippen molar-refractivity contribution in [2.75, 3.05) is 13.1 Å². The molecule has 0 radical (unpaired) electrons. The number of hydrogen-bond donors (Lipinski definition) is 0. The summed E-state index contributed by atoms with van der Waals surface area (Å²) >= 11 is 0. The average molecular weight is 336 g/mol. The van der Waals surface area contributed by atoms with E-state index >= 15 is 0 Å². The van der Waals surface area contributed by atoms with E-state index in [0.29, 0.717) is 5.56 Å². The second kappa shape index (κ2) is 5.54. The number of benzene rings is 1. The zero-order valence-electron chi connectivity index (χ0n) is 12.6. The summed E-state index contributed by atoms with van der Waals surface area (Å²) in [6.45, 7) is 1.57. The summed E-state index contributed by atoms with van der Waals surface area (Å²) in [4.78, 5) is 35.9. The predicted molar refractivity (Wildman–Crippen MR) is 80.1 cm³/mol. The lowest BCUT2D eigenvalue weighted by atomic mass is 10.1. The van der Waals surface area contributed by atoms with Gasteiger partial charge in [0.05, 0.1) is 10.9 Å². The summed E-state index contributed by atoms with van der Waals surface area (Å²) in [5.74, 6) is -0.692. The van der Waals surface area contributed by atoms with Gasteiger partial charge in [0, 0.05) is 31.5 Å². The largest absolute Gasteiger partial charge is 0.295 e. The van der Waals surface area contributed by atoms with Gasteiger partial charge in [0.15, 0.2) is 5.78 Å². The highest BCUT2D eigenvalue weighted by Gasteiger charge is 2.45. The molecule has 122 valence electrons. The molecule has 2 heterocycles. The Hall–Kier alpha value is -2.06. The fourth-order valence-corrected chi connectivity index (χ4v) is 4.36. The molecule has 0 unspecified atom stereocenters. The first kappa shape index (κ1) is 15.8. The van der Waals surface area contributed by atoms with E-state index in [0.717, 1.165) is 0 Å². The van der Waals surface area contributed by atoms with Crippen LogP contribution in [0.25, 0.3) is 0 Å². The zero-order chi connectivity index (χ0) is 16.8. The Kier molecular flexibility index (Phi) is 3.81. The molecule has 2 saturated heterocycles. The maximum Gasteiger partial charge on any atom is 0.243 e. The standard InChI is InChI=1S/C15H16N2O5S/c1-10(18)11-3-2-4-13(7-11)23(21,22)16-8-12(9-16)17-14(19)5-6-15(17)20/h2-4,7,12H,5-6,8-9H2,1H3. The van der Waals surface area contributed by atoms with Gasteiger partial charge in [-0.15, -0.1) is 0 Å². The van der Waals surface area contributed by atoms with Crippen molar-refractivity contribution in [2.45, 2.75) is 30.7 Å². The summed E-state index contributed by atoms with van der Waals surface area (Å²) in [6, 6.07) is 5.47. The Morgan fingerprint density at radius 2 is 1.74 bits per heavy atom. The Morgan fingerprint density at radius 3 is 2.30 bits per heavy atom. The number of carbonyl (C=O) groups excluding carboxylic acids is 3. The molecule has 0 aromatic heterocycles. The summed E-state index contributed by atoms with van der Waals surface area (Å²) in [7, 11) is -3.72. The number of ketones is 1. The van der Waals surface area contributed by atoms with Gasteiger partial charge in [0.25, 0.3) is 0 Å². The fourth-order valence-electron chi connectivity index (χ4n) is 2.80. The van der Waals surface area contributed by atoms with E-state index in [2.05, 4.69) is 0 Å². The topological polar surface area (TPSA) is 91.8 Å². The van der Waals surface area contributed by atoms with Crippen LogP contribution in [-0.2, 0) is 19.6 Å². The lowest BCUT2D eigenvalue weighted by Gasteiger charge is -2.41. The van der Waals surface area contributed by atoms with Crippen LogP contribution in [0.2, 0.25) is 0 Å². The van der Waals surface area contributed by atoms with Crippen LogP contribution >= 0.6 is 0 Å². The van der Waals surface area contributed by atoms with Gasteiger partial charge in [-0.1, -0.05) is 12.1 Å². The smallest absolute Gasteiger partial charge is 0.243 e. The molecule has 0 saturated carbocycles.